The number of non-ortho nitro benzene ring substituents is 1. The van der Waals surface area contributed by atoms with E-state index < -0.39 is 65.7 Å². The normalized spacial score (nSPS) is 18.8. The monoisotopic (exact) mass is 816 g/mol. The summed E-state index contributed by atoms with van der Waals surface area (Å²) in [4.78, 5) is 89.8. The van der Waals surface area contributed by atoms with Crippen LogP contribution in [0.5, 0.6) is 11.5 Å². The van der Waals surface area contributed by atoms with Gasteiger partial charge in [-0.3, -0.25) is 29.3 Å². The number of Topliss-reactive ketones (excluding diaryl/α,β-unsaturated/α-hetero) is 1. The molecular weight excluding hydrogens is 781 g/mol. The largest absolute Gasteiger partial charge is 0.514 e. The molecule has 4 rings (SSSR count). The van der Waals surface area contributed by atoms with Crippen LogP contribution in [0.4, 0.5) is 10.5 Å². The van der Waals surface area contributed by atoms with Crippen molar-refractivity contribution < 1.29 is 71.6 Å². The van der Waals surface area contributed by atoms with Crippen LogP contribution in [-0.4, -0.2) is 89.3 Å². The molecule has 56 heavy (non-hydrogen) atoms. The van der Waals surface area contributed by atoms with Crippen molar-refractivity contribution in [3.05, 3.63) is 88.1 Å². The maximum absolute atomic E-state index is 13.3. The Bertz CT molecular complexity index is 1900. The number of ketones is 1. The van der Waals surface area contributed by atoms with E-state index in [1.807, 2.05) is 12.1 Å². The van der Waals surface area contributed by atoms with Crippen LogP contribution in [0.3, 0.4) is 0 Å². The molecule has 1 aromatic heterocycles. The number of nitro groups is 1. The summed E-state index contributed by atoms with van der Waals surface area (Å²) in [6.45, 7) is 2.81. The lowest BCUT2D eigenvalue weighted by Gasteiger charge is -2.43. The zero-order valence-corrected chi connectivity index (χ0v) is 31.9. The molecule has 20 heteroatoms. The number of esters is 4. The smallest absolute Gasteiger partial charge is 0.467 e. The maximum atomic E-state index is 13.3. The van der Waals surface area contributed by atoms with Crippen molar-refractivity contribution in [3.63, 3.8) is 0 Å². The summed E-state index contributed by atoms with van der Waals surface area (Å²) in [5.74, 6) is -3.45. The Kier molecular flexibility index (Phi) is 16.0. The molecule has 0 bridgehead atoms. The third-order valence-corrected chi connectivity index (χ3v) is 9.71. The number of methoxy groups -OCH3 is 1. The summed E-state index contributed by atoms with van der Waals surface area (Å²) < 4.78 is 43.4. The number of aromatic nitrogens is 1. The Morgan fingerprint density at radius 2 is 1.55 bits per heavy atom. The first-order valence-corrected chi connectivity index (χ1v) is 18.9. The Morgan fingerprint density at radius 3 is 2.18 bits per heavy atom. The van der Waals surface area contributed by atoms with Gasteiger partial charge in [-0.2, -0.15) is 0 Å². The average molecular weight is 817 g/mol. The van der Waals surface area contributed by atoms with Gasteiger partial charge in [-0.15, -0.1) is 0 Å². The highest BCUT2D eigenvalue weighted by molar-refractivity contribution is 8.76. The molecule has 0 spiro atoms. The molecule has 1 aliphatic heterocycles. The molecule has 1 fully saturated rings. The van der Waals surface area contributed by atoms with Gasteiger partial charge in [0.25, 0.3) is 5.69 Å². The van der Waals surface area contributed by atoms with Crippen molar-refractivity contribution >= 4 is 63.1 Å². The lowest BCUT2D eigenvalue weighted by Crippen LogP contribution is -2.64. The third-order valence-electron chi connectivity index (χ3n) is 7.44. The van der Waals surface area contributed by atoms with Crippen LogP contribution >= 0.6 is 21.6 Å². The number of rotatable bonds is 17. The van der Waals surface area contributed by atoms with Gasteiger partial charge < -0.3 is 37.9 Å². The highest BCUT2D eigenvalue weighted by atomic mass is 33.1. The molecular formula is C36H36N2O16S2. The van der Waals surface area contributed by atoms with E-state index in [-0.39, 0.29) is 48.0 Å². The molecule has 2 aromatic carbocycles. The highest BCUT2D eigenvalue weighted by Crippen LogP contribution is 2.34. The molecule has 1 saturated heterocycles. The van der Waals surface area contributed by atoms with E-state index in [0.717, 1.165) is 45.0 Å². The fraction of sp³-hybridized carbons (Fsp3) is 0.361. The first-order valence-electron chi connectivity index (χ1n) is 16.6. The van der Waals surface area contributed by atoms with Crippen LogP contribution in [-0.2, 0) is 65.4 Å². The topological polar surface area (TPSA) is 232 Å². The van der Waals surface area contributed by atoms with Gasteiger partial charge in [0.15, 0.2) is 18.3 Å². The SMILES string of the molecule is COC(=O)[C@H]1O[C@@H](Oc2ccc(COC(=O)Oc3ccc([N+](=O)[O-])cc3)cc2CC(=O)CCSSc2ccccn2)[C@H](OC(C)=O)[C@@H](OC(C)=O)[C@@H]1OC(C)=O. The van der Waals surface area contributed by atoms with E-state index >= 15 is 0 Å². The second-order valence-electron chi connectivity index (χ2n) is 11.7. The van der Waals surface area contributed by atoms with Gasteiger partial charge in [0.1, 0.15) is 28.9 Å². The Hall–Kier alpha value is -5.73. The van der Waals surface area contributed by atoms with E-state index in [0.29, 0.717) is 11.3 Å². The molecule has 18 nitrogen and oxygen atoms in total. The summed E-state index contributed by atoms with van der Waals surface area (Å²) in [5, 5.41) is 11.7. The number of nitrogens with zero attached hydrogens (tertiary/aromatic N) is 2. The zero-order chi connectivity index (χ0) is 40.8. The van der Waals surface area contributed by atoms with Gasteiger partial charge in [-0.1, -0.05) is 22.9 Å². The minimum Gasteiger partial charge on any atom is -0.467 e. The van der Waals surface area contributed by atoms with Gasteiger partial charge in [0, 0.05) is 63.3 Å². The van der Waals surface area contributed by atoms with Crippen molar-refractivity contribution in [2.24, 2.45) is 0 Å². The summed E-state index contributed by atoms with van der Waals surface area (Å²) in [6, 6.07) is 14.6. The predicted molar refractivity (Wildman–Crippen MR) is 194 cm³/mol. The first kappa shape index (κ1) is 43.0. The summed E-state index contributed by atoms with van der Waals surface area (Å²) >= 11 is 0. The summed E-state index contributed by atoms with van der Waals surface area (Å²) in [7, 11) is 3.87. The van der Waals surface area contributed by atoms with Gasteiger partial charge in [-0.05, 0) is 52.8 Å². The molecule has 3 aromatic rings. The van der Waals surface area contributed by atoms with Gasteiger partial charge >= 0.3 is 30.0 Å². The minimum absolute atomic E-state index is 0.00205. The lowest BCUT2D eigenvalue weighted by atomic mass is 9.97. The molecule has 0 saturated carbocycles. The number of nitro benzene ring substituents is 1. The van der Waals surface area contributed by atoms with Gasteiger partial charge in [-0.25, -0.2) is 14.6 Å². The number of pyridine rings is 1. The molecule has 0 radical (unpaired) electrons. The van der Waals surface area contributed by atoms with Gasteiger partial charge in [0.2, 0.25) is 12.4 Å². The zero-order valence-electron chi connectivity index (χ0n) is 30.3. The van der Waals surface area contributed by atoms with Crippen molar-refractivity contribution in [3.8, 4) is 11.5 Å². The number of ether oxygens (including phenoxy) is 8. The van der Waals surface area contributed by atoms with Crippen LogP contribution in [0.2, 0.25) is 0 Å². The molecule has 2 heterocycles. The number of benzene rings is 2. The van der Waals surface area contributed by atoms with Crippen molar-refractivity contribution in [2.75, 3.05) is 12.9 Å². The second kappa shape index (κ2) is 20.8. The number of carbonyl (C=O) groups is 6. The molecule has 0 unspecified atom stereocenters. The maximum Gasteiger partial charge on any atom is 0.514 e. The highest BCUT2D eigenvalue weighted by Gasteiger charge is 2.56. The van der Waals surface area contributed by atoms with E-state index in [1.165, 1.54) is 51.9 Å². The van der Waals surface area contributed by atoms with Crippen molar-refractivity contribution in [2.45, 2.75) is 76.0 Å². The second-order valence-corrected chi connectivity index (χ2v) is 14.1. The van der Waals surface area contributed by atoms with E-state index in [4.69, 9.17) is 37.9 Å². The van der Waals surface area contributed by atoms with Crippen LogP contribution in [0.25, 0.3) is 0 Å². The van der Waals surface area contributed by atoms with Crippen molar-refractivity contribution in [1.82, 2.24) is 4.98 Å². The predicted octanol–water partition coefficient (Wildman–Crippen LogP) is 4.72. The standard InChI is InChI=1S/C36H36N2O16S2/c1-20(39)49-30-31(50-21(2)40)33(51-22(3)41)35(54-32(30)34(43)47-4)53-28-13-8-23(19-48-36(44)52-27-11-9-25(10-12-27)38(45)46)17-24(28)18-26(42)14-16-55-56-29-7-5-6-15-37-29/h5-13,15,17,30-33,35H,14,16,18-19H2,1-4H3/t30-,31-,32-,33+,35+/m0/s1. The number of carbonyl (C=O) groups excluding carboxylic acids is 6. The van der Waals surface area contributed by atoms with Crippen LogP contribution in [0.15, 0.2) is 71.9 Å². The van der Waals surface area contributed by atoms with E-state index in [1.54, 1.807) is 12.3 Å². The summed E-state index contributed by atoms with van der Waals surface area (Å²) in [5.41, 5.74) is 0.431. The quantitative estimate of drug-likeness (QED) is 0.0341. The van der Waals surface area contributed by atoms with Crippen LogP contribution in [0.1, 0.15) is 38.3 Å². The van der Waals surface area contributed by atoms with E-state index in [2.05, 4.69) is 4.98 Å². The number of hydrogen-bond acceptors (Lipinski definition) is 19. The Labute approximate surface area is 327 Å². The van der Waals surface area contributed by atoms with E-state index in [9.17, 15) is 38.9 Å². The number of hydrogen-bond donors (Lipinski definition) is 0. The minimum atomic E-state index is -1.72. The van der Waals surface area contributed by atoms with Crippen LogP contribution < -0.4 is 9.47 Å². The van der Waals surface area contributed by atoms with Crippen LogP contribution in [0, 0.1) is 10.1 Å². The average Bonchev–Trinajstić information content (AvgIpc) is 3.15. The molecule has 0 N–H and O–H groups in total. The molecule has 5 atom stereocenters. The Morgan fingerprint density at radius 1 is 0.875 bits per heavy atom. The van der Waals surface area contributed by atoms with Gasteiger partial charge in [0.05, 0.1) is 12.0 Å². The lowest BCUT2D eigenvalue weighted by molar-refractivity contribution is -0.384. The molecule has 298 valence electrons. The third kappa shape index (κ3) is 12.9. The summed E-state index contributed by atoms with van der Waals surface area (Å²) in [6.07, 6.45) is -7.81. The molecule has 0 aliphatic carbocycles. The van der Waals surface area contributed by atoms with Crippen molar-refractivity contribution in [1.29, 1.82) is 0 Å². The Balaban J connectivity index is 1.60. The first-order chi connectivity index (χ1) is 26.7. The molecule has 0 amide bonds. The fourth-order valence-corrected chi connectivity index (χ4v) is 7.05. The molecule has 1 aliphatic rings. The fourth-order valence-electron chi connectivity index (χ4n) is 5.13.